The van der Waals surface area contributed by atoms with Crippen molar-refractivity contribution in [2.24, 2.45) is 0 Å². The fourth-order valence-corrected chi connectivity index (χ4v) is 3.89. The number of benzene rings is 1. The maximum Gasteiger partial charge on any atom is 0.240 e. The number of carbonyl (C=O) groups excluding carboxylic acids is 1. The smallest absolute Gasteiger partial charge is 0.240 e. The van der Waals surface area contributed by atoms with Crippen LogP contribution in [0.25, 0.3) is 0 Å². The molecule has 0 aliphatic carbocycles. The van der Waals surface area contributed by atoms with E-state index in [9.17, 15) is 13.2 Å². The van der Waals surface area contributed by atoms with Gasteiger partial charge in [-0.1, -0.05) is 6.07 Å². The van der Waals surface area contributed by atoms with Gasteiger partial charge < -0.3 is 14.2 Å². The summed E-state index contributed by atoms with van der Waals surface area (Å²) in [5, 5.41) is 2.76. The van der Waals surface area contributed by atoms with E-state index >= 15 is 0 Å². The molecule has 2 aromatic heterocycles. The zero-order chi connectivity index (χ0) is 20.9. The Hall–Kier alpha value is -2.88. The average Bonchev–Trinajstić information content (AvgIpc) is 3.37. The second-order valence-corrected chi connectivity index (χ2v) is 8.39. The first kappa shape index (κ1) is 20.8. The lowest BCUT2D eigenvalue weighted by molar-refractivity contribution is -0.117. The van der Waals surface area contributed by atoms with Gasteiger partial charge in [0.05, 0.1) is 37.1 Å². The second-order valence-electron chi connectivity index (χ2n) is 6.54. The third kappa shape index (κ3) is 5.57. The number of hydrogen-bond donors (Lipinski definition) is 2. The molecular weight excluding hydrogens is 394 g/mol. The van der Waals surface area contributed by atoms with Crippen LogP contribution in [-0.4, -0.2) is 32.8 Å². The summed E-state index contributed by atoms with van der Waals surface area (Å²) in [6.07, 6.45) is 3.16. The van der Waals surface area contributed by atoms with Crippen LogP contribution in [0, 0.1) is 6.92 Å². The normalized spacial score (nSPS) is 11.7. The molecule has 29 heavy (non-hydrogen) atoms. The SMILES string of the molecule is CNS(=O)(=O)c1cc(NC(=O)CN(Cc2ccco2)Cc2ccco2)ccc1C. The maximum atomic E-state index is 12.6. The fourth-order valence-electron chi connectivity index (χ4n) is 2.89. The van der Waals surface area contributed by atoms with Crippen LogP contribution >= 0.6 is 0 Å². The molecule has 2 N–H and O–H groups in total. The monoisotopic (exact) mass is 417 g/mol. The van der Waals surface area contributed by atoms with E-state index in [4.69, 9.17) is 8.83 Å². The van der Waals surface area contributed by atoms with Crippen molar-refractivity contribution in [2.45, 2.75) is 24.9 Å². The molecular formula is C20H23N3O5S. The number of rotatable bonds is 9. The van der Waals surface area contributed by atoms with Crippen LogP contribution in [-0.2, 0) is 27.9 Å². The average molecular weight is 417 g/mol. The lowest BCUT2D eigenvalue weighted by atomic mass is 10.2. The molecule has 0 saturated carbocycles. The number of hydrogen-bond acceptors (Lipinski definition) is 6. The number of sulfonamides is 1. The lowest BCUT2D eigenvalue weighted by Gasteiger charge is -2.20. The van der Waals surface area contributed by atoms with Crippen molar-refractivity contribution < 1.29 is 22.0 Å². The van der Waals surface area contributed by atoms with Crippen molar-refractivity contribution in [2.75, 3.05) is 18.9 Å². The number of amides is 1. The highest BCUT2D eigenvalue weighted by molar-refractivity contribution is 7.89. The molecule has 1 aromatic carbocycles. The summed E-state index contributed by atoms with van der Waals surface area (Å²) in [7, 11) is -2.27. The van der Waals surface area contributed by atoms with Crippen molar-refractivity contribution >= 4 is 21.6 Å². The first-order chi connectivity index (χ1) is 13.9. The molecule has 1 amide bonds. The minimum atomic E-state index is -3.62. The van der Waals surface area contributed by atoms with Crippen LogP contribution in [0.4, 0.5) is 5.69 Å². The molecule has 3 aromatic rings. The molecule has 0 saturated heterocycles. The van der Waals surface area contributed by atoms with Gasteiger partial charge in [0.1, 0.15) is 11.5 Å². The number of carbonyl (C=O) groups is 1. The highest BCUT2D eigenvalue weighted by Gasteiger charge is 2.18. The molecule has 0 radical (unpaired) electrons. The van der Waals surface area contributed by atoms with Gasteiger partial charge in [-0.05, 0) is 55.9 Å². The molecule has 9 heteroatoms. The molecule has 154 valence electrons. The van der Waals surface area contributed by atoms with E-state index in [-0.39, 0.29) is 17.3 Å². The Bertz CT molecular complexity index is 1010. The molecule has 0 spiro atoms. The molecule has 2 heterocycles. The minimum absolute atomic E-state index is 0.0728. The molecule has 3 rings (SSSR count). The summed E-state index contributed by atoms with van der Waals surface area (Å²) in [6.45, 7) is 2.62. The third-order valence-electron chi connectivity index (χ3n) is 4.32. The molecule has 0 unspecified atom stereocenters. The van der Waals surface area contributed by atoms with E-state index in [1.807, 2.05) is 17.0 Å². The third-order valence-corrected chi connectivity index (χ3v) is 5.87. The highest BCUT2D eigenvalue weighted by atomic mass is 32.2. The maximum absolute atomic E-state index is 12.6. The van der Waals surface area contributed by atoms with E-state index in [0.29, 0.717) is 24.3 Å². The topological polar surface area (TPSA) is 105 Å². The van der Waals surface area contributed by atoms with Crippen molar-refractivity contribution in [3.63, 3.8) is 0 Å². The number of aryl methyl sites for hydroxylation is 1. The van der Waals surface area contributed by atoms with Crippen LogP contribution in [0.3, 0.4) is 0 Å². The van der Waals surface area contributed by atoms with E-state index in [1.54, 1.807) is 43.7 Å². The Balaban J connectivity index is 1.72. The summed E-state index contributed by atoms with van der Waals surface area (Å²) < 4.78 is 37.3. The Morgan fingerprint density at radius 3 is 2.17 bits per heavy atom. The molecule has 8 nitrogen and oxygen atoms in total. The van der Waals surface area contributed by atoms with Crippen molar-refractivity contribution in [1.82, 2.24) is 9.62 Å². The second kappa shape index (κ2) is 9.08. The Labute approximate surface area is 169 Å². The van der Waals surface area contributed by atoms with Crippen LogP contribution < -0.4 is 10.0 Å². The Kier molecular flexibility index (Phi) is 6.53. The van der Waals surface area contributed by atoms with E-state index in [2.05, 4.69) is 10.0 Å². The Morgan fingerprint density at radius 2 is 1.66 bits per heavy atom. The predicted molar refractivity (Wildman–Crippen MR) is 108 cm³/mol. The quantitative estimate of drug-likeness (QED) is 0.555. The summed E-state index contributed by atoms with van der Waals surface area (Å²) in [5.41, 5.74) is 1.000. The first-order valence-electron chi connectivity index (χ1n) is 8.98. The van der Waals surface area contributed by atoms with Gasteiger partial charge in [0, 0.05) is 5.69 Å². The van der Waals surface area contributed by atoms with Crippen LogP contribution in [0.15, 0.2) is 68.7 Å². The molecule has 0 atom stereocenters. The van der Waals surface area contributed by atoms with Crippen molar-refractivity contribution in [1.29, 1.82) is 0 Å². The minimum Gasteiger partial charge on any atom is -0.468 e. The van der Waals surface area contributed by atoms with Crippen LogP contribution in [0.1, 0.15) is 17.1 Å². The zero-order valence-corrected chi connectivity index (χ0v) is 17.0. The number of anilines is 1. The van der Waals surface area contributed by atoms with E-state index in [1.165, 1.54) is 13.1 Å². The van der Waals surface area contributed by atoms with Gasteiger partial charge >= 0.3 is 0 Å². The number of nitrogens with zero attached hydrogens (tertiary/aromatic N) is 1. The van der Waals surface area contributed by atoms with Crippen LogP contribution in [0.5, 0.6) is 0 Å². The van der Waals surface area contributed by atoms with Gasteiger partial charge in [-0.25, -0.2) is 13.1 Å². The largest absolute Gasteiger partial charge is 0.468 e. The first-order valence-corrected chi connectivity index (χ1v) is 10.5. The number of furan rings is 2. The Morgan fingerprint density at radius 1 is 1.03 bits per heavy atom. The standard InChI is InChI=1S/C20H23N3O5S/c1-15-7-8-16(11-19(15)29(25,26)21-2)22-20(24)14-23(12-17-5-3-9-27-17)13-18-6-4-10-28-18/h3-11,21H,12-14H2,1-2H3,(H,22,24). The van der Waals surface area contributed by atoms with Gasteiger partial charge in [0.25, 0.3) is 0 Å². The summed E-state index contributed by atoms with van der Waals surface area (Å²) >= 11 is 0. The summed E-state index contributed by atoms with van der Waals surface area (Å²) in [4.78, 5) is 14.6. The zero-order valence-electron chi connectivity index (χ0n) is 16.2. The van der Waals surface area contributed by atoms with Crippen molar-refractivity contribution in [3.05, 3.63) is 72.1 Å². The summed E-state index contributed by atoms with van der Waals surface area (Å²) in [5.74, 6) is 1.17. The highest BCUT2D eigenvalue weighted by Crippen LogP contribution is 2.20. The molecule has 0 fully saturated rings. The number of nitrogens with one attached hydrogen (secondary N) is 2. The molecule has 0 bridgehead atoms. The van der Waals surface area contributed by atoms with Gasteiger partial charge in [0.2, 0.25) is 15.9 Å². The summed E-state index contributed by atoms with van der Waals surface area (Å²) in [6, 6.07) is 12.0. The van der Waals surface area contributed by atoms with Gasteiger partial charge in [-0.2, -0.15) is 0 Å². The fraction of sp³-hybridized carbons (Fsp3) is 0.250. The molecule has 0 aliphatic rings. The van der Waals surface area contributed by atoms with Crippen molar-refractivity contribution in [3.8, 4) is 0 Å². The lowest BCUT2D eigenvalue weighted by Crippen LogP contribution is -2.32. The van der Waals surface area contributed by atoms with Crippen LogP contribution in [0.2, 0.25) is 0 Å². The molecule has 0 aliphatic heterocycles. The van der Waals surface area contributed by atoms with Gasteiger partial charge in [-0.3, -0.25) is 9.69 Å². The van der Waals surface area contributed by atoms with Gasteiger partial charge in [0.15, 0.2) is 0 Å². The van der Waals surface area contributed by atoms with E-state index in [0.717, 1.165) is 11.5 Å². The predicted octanol–water partition coefficient (Wildman–Crippen LogP) is 2.73. The van der Waals surface area contributed by atoms with Gasteiger partial charge in [-0.15, -0.1) is 0 Å². The van der Waals surface area contributed by atoms with E-state index < -0.39 is 10.0 Å².